The lowest BCUT2D eigenvalue weighted by molar-refractivity contribution is 0.0952. The van der Waals surface area contributed by atoms with Crippen LogP contribution in [0.2, 0.25) is 0 Å². The Morgan fingerprint density at radius 1 is 1.10 bits per heavy atom. The maximum absolute atomic E-state index is 11.9. The van der Waals surface area contributed by atoms with Crippen LogP contribution in [-0.4, -0.2) is 12.5 Å². The number of nitrogens with one attached hydrogen (secondary N) is 1. The molecule has 0 aliphatic rings. The van der Waals surface area contributed by atoms with Crippen LogP contribution in [0.1, 0.15) is 28.4 Å². The summed E-state index contributed by atoms with van der Waals surface area (Å²) in [6, 6.07) is 17.1. The number of hydrogen-bond acceptors (Lipinski definition) is 2. The van der Waals surface area contributed by atoms with Crippen molar-refractivity contribution in [2.24, 2.45) is 5.73 Å². The first kappa shape index (κ1) is 14.8. The van der Waals surface area contributed by atoms with Crippen LogP contribution in [0.15, 0.2) is 59.1 Å². The van der Waals surface area contributed by atoms with Crippen molar-refractivity contribution < 1.29 is 4.79 Å². The van der Waals surface area contributed by atoms with E-state index < -0.39 is 0 Å². The monoisotopic (exact) mass is 332 g/mol. The maximum Gasteiger partial charge on any atom is 0.251 e. The van der Waals surface area contributed by atoms with Gasteiger partial charge in [-0.1, -0.05) is 46.3 Å². The van der Waals surface area contributed by atoms with Crippen molar-refractivity contribution in [2.45, 2.75) is 12.5 Å². The van der Waals surface area contributed by atoms with Gasteiger partial charge in [-0.2, -0.15) is 0 Å². The minimum Gasteiger partial charge on any atom is -0.352 e. The van der Waals surface area contributed by atoms with E-state index in [1.165, 1.54) is 0 Å². The van der Waals surface area contributed by atoms with Crippen molar-refractivity contribution in [1.82, 2.24) is 5.32 Å². The Morgan fingerprint density at radius 3 is 2.40 bits per heavy atom. The molecule has 0 aliphatic carbocycles. The van der Waals surface area contributed by atoms with Crippen molar-refractivity contribution >= 4 is 21.8 Å². The van der Waals surface area contributed by atoms with Gasteiger partial charge < -0.3 is 11.1 Å². The Bertz CT molecular complexity index is 554. The van der Waals surface area contributed by atoms with Gasteiger partial charge in [0.2, 0.25) is 0 Å². The van der Waals surface area contributed by atoms with E-state index in [0.717, 1.165) is 10.0 Å². The van der Waals surface area contributed by atoms with Crippen molar-refractivity contribution in [3.8, 4) is 0 Å². The Balaban J connectivity index is 1.81. The molecule has 104 valence electrons. The van der Waals surface area contributed by atoms with Gasteiger partial charge in [0.05, 0.1) is 0 Å². The Labute approximate surface area is 127 Å². The van der Waals surface area contributed by atoms with E-state index in [4.69, 9.17) is 5.73 Å². The van der Waals surface area contributed by atoms with Gasteiger partial charge in [-0.25, -0.2) is 0 Å². The molecule has 3 N–H and O–H groups in total. The second-order valence-electron chi connectivity index (χ2n) is 4.57. The number of carbonyl (C=O) groups excluding carboxylic acids is 1. The minimum atomic E-state index is -0.0715. The molecule has 2 rings (SSSR count). The van der Waals surface area contributed by atoms with Crippen molar-refractivity contribution in [2.75, 3.05) is 6.54 Å². The lowest BCUT2D eigenvalue weighted by atomic mass is 10.1. The summed E-state index contributed by atoms with van der Waals surface area (Å²) in [6.07, 6.45) is 0.715. The molecule has 1 unspecified atom stereocenters. The first-order valence-electron chi connectivity index (χ1n) is 6.51. The van der Waals surface area contributed by atoms with E-state index in [1.807, 2.05) is 42.5 Å². The highest BCUT2D eigenvalue weighted by Gasteiger charge is 2.07. The molecule has 0 heterocycles. The molecule has 0 spiro atoms. The van der Waals surface area contributed by atoms with Gasteiger partial charge in [-0.3, -0.25) is 4.79 Å². The Morgan fingerprint density at radius 2 is 1.75 bits per heavy atom. The zero-order valence-electron chi connectivity index (χ0n) is 11.1. The summed E-state index contributed by atoms with van der Waals surface area (Å²) in [5.41, 5.74) is 7.82. The van der Waals surface area contributed by atoms with Crippen molar-refractivity contribution in [3.63, 3.8) is 0 Å². The topological polar surface area (TPSA) is 55.1 Å². The largest absolute Gasteiger partial charge is 0.352 e. The highest BCUT2D eigenvalue weighted by Crippen LogP contribution is 2.13. The molecule has 0 saturated carbocycles. The second kappa shape index (κ2) is 7.22. The molecule has 3 nitrogen and oxygen atoms in total. The van der Waals surface area contributed by atoms with E-state index in [9.17, 15) is 4.79 Å². The normalized spacial score (nSPS) is 11.9. The summed E-state index contributed by atoms with van der Waals surface area (Å²) in [4.78, 5) is 11.9. The minimum absolute atomic E-state index is 0.0542. The van der Waals surface area contributed by atoms with Crippen LogP contribution < -0.4 is 11.1 Å². The molecule has 2 aromatic rings. The number of halogens is 1. The fraction of sp³-hybridized carbons (Fsp3) is 0.188. The van der Waals surface area contributed by atoms with E-state index in [1.54, 1.807) is 12.1 Å². The van der Waals surface area contributed by atoms with Gasteiger partial charge in [0.15, 0.2) is 0 Å². The SMILES string of the molecule is NC(CCNC(=O)c1ccc(Br)cc1)c1ccccc1. The predicted octanol–water partition coefficient (Wildman–Crippen LogP) is 3.27. The van der Waals surface area contributed by atoms with Crippen LogP contribution >= 0.6 is 15.9 Å². The lowest BCUT2D eigenvalue weighted by Crippen LogP contribution is -2.27. The fourth-order valence-electron chi connectivity index (χ4n) is 1.91. The Hall–Kier alpha value is -1.65. The summed E-state index contributed by atoms with van der Waals surface area (Å²) in [5, 5.41) is 2.88. The summed E-state index contributed by atoms with van der Waals surface area (Å²) in [6.45, 7) is 0.560. The molecular weight excluding hydrogens is 316 g/mol. The van der Waals surface area contributed by atoms with E-state index in [2.05, 4.69) is 21.2 Å². The molecule has 0 aliphatic heterocycles. The van der Waals surface area contributed by atoms with Crippen LogP contribution in [0, 0.1) is 0 Å². The molecule has 0 radical (unpaired) electrons. The van der Waals surface area contributed by atoms with E-state index in [0.29, 0.717) is 18.5 Å². The van der Waals surface area contributed by atoms with Crippen LogP contribution in [0.5, 0.6) is 0 Å². The van der Waals surface area contributed by atoms with Gasteiger partial charge in [-0.05, 0) is 36.2 Å². The molecule has 0 fully saturated rings. The average Bonchev–Trinajstić information content (AvgIpc) is 2.48. The number of hydrogen-bond donors (Lipinski definition) is 2. The van der Waals surface area contributed by atoms with Gasteiger partial charge >= 0.3 is 0 Å². The zero-order chi connectivity index (χ0) is 14.4. The highest BCUT2D eigenvalue weighted by atomic mass is 79.9. The van der Waals surface area contributed by atoms with Crippen molar-refractivity contribution in [1.29, 1.82) is 0 Å². The van der Waals surface area contributed by atoms with Crippen LogP contribution in [-0.2, 0) is 0 Å². The summed E-state index contributed by atoms with van der Waals surface area (Å²) < 4.78 is 0.958. The fourth-order valence-corrected chi connectivity index (χ4v) is 2.18. The predicted molar refractivity (Wildman–Crippen MR) is 84.5 cm³/mol. The van der Waals surface area contributed by atoms with Gasteiger partial charge in [0.1, 0.15) is 0 Å². The van der Waals surface area contributed by atoms with Gasteiger partial charge in [0, 0.05) is 22.6 Å². The highest BCUT2D eigenvalue weighted by molar-refractivity contribution is 9.10. The van der Waals surface area contributed by atoms with Gasteiger partial charge in [-0.15, -0.1) is 0 Å². The summed E-state index contributed by atoms with van der Waals surface area (Å²) in [7, 11) is 0. The van der Waals surface area contributed by atoms with Gasteiger partial charge in [0.25, 0.3) is 5.91 Å². The first-order valence-corrected chi connectivity index (χ1v) is 7.30. The molecular formula is C16H17BrN2O. The number of rotatable bonds is 5. The van der Waals surface area contributed by atoms with E-state index in [-0.39, 0.29) is 11.9 Å². The summed E-state index contributed by atoms with van der Waals surface area (Å²) in [5.74, 6) is -0.0715. The number of nitrogens with two attached hydrogens (primary N) is 1. The molecule has 20 heavy (non-hydrogen) atoms. The van der Waals surface area contributed by atoms with E-state index >= 15 is 0 Å². The zero-order valence-corrected chi connectivity index (χ0v) is 12.6. The Kier molecular flexibility index (Phi) is 5.32. The number of benzene rings is 2. The third-order valence-corrected chi connectivity index (χ3v) is 3.60. The molecule has 0 bridgehead atoms. The molecule has 4 heteroatoms. The lowest BCUT2D eigenvalue weighted by Gasteiger charge is -2.12. The first-order chi connectivity index (χ1) is 9.66. The molecule has 1 atom stereocenters. The third kappa shape index (κ3) is 4.18. The maximum atomic E-state index is 11.9. The molecule has 0 saturated heterocycles. The van der Waals surface area contributed by atoms with Crippen LogP contribution in [0.3, 0.4) is 0 Å². The average molecular weight is 333 g/mol. The summed E-state index contributed by atoms with van der Waals surface area (Å²) >= 11 is 3.34. The van der Waals surface area contributed by atoms with Crippen LogP contribution in [0.25, 0.3) is 0 Å². The molecule has 1 amide bonds. The second-order valence-corrected chi connectivity index (χ2v) is 5.48. The number of carbonyl (C=O) groups is 1. The smallest absolute Gasteiger partial charge is 0.251 e. The molecule has 2 aromatic carbocycles. The standard InChI is InChI=1S/C16H17BrN2O/c17-14-8-6-13(7-9-14)16(20)19-11-10-15(18)12-4-2-1-3-5-12/h1-9,15H,10-11,18H2,(H,19,20). The number of amides is 1. The van der Waals surface area contributed by atoms with Crippen LogP contribution in [0.4, 0.5) is 0 Å². The quantitative estimate of drug-likeness (QED) is 0.882. The molecule has 0 aromatic heterocycles. The van der Waals surface area contributed by atoms with Crippen molar-refractivity contribution in [3.05, 3.63) is 70.2 Å². The third-order valence-electron chi connectivity index (χ3n) is 3.08.